The fraction of sp³-hybridized carbons (Fsp3) is 0.516. The van der Waals surface area contributed by atoms with Crippen molar-refractivity contribution in [2.45, 2.75) is 62.0 Å². The molecule has 0 spiro atoms. The summed E-state index contributed by atoms with van der Waals surface area (Å²) in [5.41, 5.74) is 3.71. The maximum absolute atomic E-state index is 12.6. The Morgan fingerprint density at radius 1 is 0.944 bits per heavy atom. The number of para-hydroxylation sites is 1. The van der Waals surface area contributed by atoms with Crippen molar-refractivity contribution in [2.75, 3.05) is 32.7 Å². The lowest BCUT2D eigenvalue weighted by Crippen LogP contribution is -2.71. The number of aromatic nitrogens is 1. The molecule has 3 fully saturated rings. The van der Waals surface area contributed by atoms with Crippen molar-refractivity contribution in [2.24, 2.45) is 5.92 Å². The summed E-state index contributed by atoms with van der Waals surface area (Å²) in [6.07, 6.45) is 7.20. The summed E-state index contributed by atoms with van der Waals surface area (Å²) in [5, 5.41) is 24.3. The minimum absolute atomic E-state index is 0.172. The van der Waals surface area contributed by atoms with Crippen LogP contribution in [-0.2, 0) is 18.3 Å². The quantitative estimate of drug-likeness (QED) is 0.567. The highest BCUT2D eigenvalue weighted by molar-refractivity contribution is 5.78. The van der Waals surface area contributed by atoms with Gasteiger partial charge in [-0.15, -0.1) is 0 Å². The Hall–Kier alpha value is -2.47. The smallest absolute Gasteiger partial charge is 0.115 e. The zero-order valence-corrected chi connectivity index (χ0v) is 21.1. The molecule has 4 aliphatic rings. The minimum atomic E-state index is -0.753. The Balaban J connectivity index is 1.16. The largest absolute Gasteiger partial charge is 0.508 e. The van der Waals surface area contributed by atoms with Crippen molar-refractivity contribution in [3.63, 3.8) is 0 Å². The van der Waals surface area contributed by atoms with Crippen LogP contribution in [0.1, 0.15) is 48.9 Å². The molecule has 3 aromatic rings. The average molecular weight is 484 g/mol. The van der Waals surface area contributed by atoms with E-state index >= 15 is 0 Å². The van der Waals surface area contributed by atoms with Gasteiger partial charge in [0.15, 0.2) is 0 Å². The lowest BCUT2D eigenvalue weighted by Gasteiger charge is -2.61. The van der Waals surface area contributed by atoms with Crippen LogP contribution in [-0.4, -0.2) is 69.4 Å². The summed E-state index contributed by atoms with van der Waals surface area (Å²) >= 11 is 0. The molecule has 5 nitrogen and oxygen atoms in total. The molecule has 3 heterocycles. The van der Waals surface area contributed by atoms with Crippen LogP contribution in [0.4, 0.5) is 0 Å². The van der Waals surface area contributed by atoms with Gasteiger partial charge < -0.3 is 15.1 Å². The van der Waals surface area contributed by atoms with Crippen LogP contribution in [0, 0.1) is 5.92 Å². The topological polar surface area (TPSA) is 59.8 Å². The number of nitrogens with zero attached hydrogens (tertiary/aromatic N) is 3. The molecule has 7 rings (SSSR count). The molecule has 2 aliphatic carbocycles. The predicted octanol–water partition coefficient (Wildman–Crippen LogP) is 4.29. The van der Waals surface area contributed by atoms with E-state index in [9.17, 15) is 10.2 Å². The number of phenolic OH excluding ortho intramolecular Hbond substituents is 1. The van der Waals surface area contributed by atoms with E-state index in [0.717, 1.165) is 82.0 Å². The highest BCUT2D eigenvalue weighted by Crippen LogP contribution is 2.56. The minimum Gasteiger partial charge on any atom is -0.508 e. The van der Waals surface area contributed by atoms with Crippen molar-refractivity contribution in [3.05, 3.63) is 71.4 Å². The molecular formula is C31H37N3O2. The van der Waals surface area contributed by atoms with Gasteiger partial charge in [0, 0.05) is 48.6 Å². The summed E-state index contributed by atoms with van der Waals surface area (Å²) in [7, 11) is 0. The molecule has 2 aliphatic heterocycles. The van der Waals surface area contributed by atoms with Gasteiger partial charge >= 0.3 is 0 Å². The van der Waals surface area contributed by atoms with E-state index in [1.54, 1.807) is 0 Å². The molecule has 36 heavy (non-hydrogen) atoms. The Bertz CT molecular complexity index is 1290. The lowest BCUT2D eigenvalue weighted by molar-refractivity contribution is -0.149. The van der Waals surface area contributed by atoms with Crippen LogP contribution >= 0.6 is 0 Å². The van der Waals surface area contributed by atoms with E-state index in [1.807, 2.05) is 12.1 Å². The molecule has 0 unspecified atom stereocenters. The molecule has 2 N–H and O–H groups in total. The van der Waals surface area contributed by atoms with E-state index in [2.05, 4.69) is 52.3 Å². The van der Waals surface area contributed by atoms with Crippen LogP contribution < -0.4 is 0 Å². The number of phenols is 1. The van der Waals surface area contributed by atoms with E-state index in [-0.39, 0.29) is 11.5 Å². The van der Waals surface area contributed by atoms with Gasteiger partial charge in [-0.25, -0.2) is 0 Å². The summed E-state index contributed by atoms with van der Waals surface area (Å²) in [4.78, 5) is 10.1. The second-order valence-corrected chi connectivity index (χ2v) is 11.8. The van der Waals surface area contributed by atoms with Gasteiger partial charge in [-0.3, -0.25) is 9.88 Å². The number of piperidine rings is 1. The van der Waals surface area contributed by atoms with Crippen LogP contribution in [0.2, 0.25) is 0 Å². The Kier molecular flexibility index (Phi) is 5.39. The van der Waals surface area contributed by atoms with Crippen LogP contribution in [0.3, 0.4) is 0 Å². The molecule has 2 aromatic carbocycles. The first-order valence-corrected chi connectivity index (χ1v) is 13.9. The van der Waals surface area contributed by atoms with Gasteiger partial charge in [-0.2, -0.15) is 0 Å². The van der Waals surface area contributed by atoms with E-state index in [0.29, 0.717) is 5.75 Å². The zero-order valence-electron chi connectivity index (χ0n) is 21.1. The maximum atomic E-state index is 12.6. The zero-order chi connectivity index (χ0) is 24.3. The van der Waals surface area contributed by atoms with Crippen molar-refractivity contribution >= 4 is 10.9 Å². The molecule has 188 valence electrons. The number of hydrogen-bond donors (Lipinski definition) is 2. The summed E-state index contributed by atoms with van der Waals surface area (Å²) in [6, 6.07) is 18.8. The molecule has 2 saturated heterocycles. The number of aliphatic hydroxyl groups is 1. The van der Waals surface area contributed by atoms with Crippen molar-refractivity contribution in [3.8, 4) is 5.75 Å². The highest BCUT2D eigenvalue weighted by Gasteiger charge is 2.63. The van der Waals surface area contributed by atoms with Gasteiger partial charge in [0.25, 0.3) is 0 Å². The number of fused-ring (bicyclic) bond motifs is 2. The van der Waals surface area contributed by atoms with Crippen molar-refractivity contribution < 1.29 is 10.2 Å². The molecule has 0 radical (unpaired) electrons. The number of likely N-dealkylation sites (tertiary alicyclic amines) is 2. The number of aromatic hydroxyl groups is 1. The standard InChI is InChI=1S/C31H37N3O2/c35-26-10-8-24-19-29-31(36)14-17-33(15-11-25-9-7-23-3-1-2-4-28(23)32-25)16-12-30(31,27(24)20-26)13-18-34(29)21-22-5-6-22/h1-4,7-10,20,22,29,35-36H,5-6,11-19,21H2/t29-,30+,31-/m1/s1. The first-order chi connectivity index (χ1) is 17.5. The third-order valence-corrected chi connectivity index (χ3v) is 9.86. The summed E-state index contributed by atoms with van der Waals surface area (Å²) in [5.74, 6) is 1.15. The molecule has 5 heteroatoms. The third-order valence-electron chi connectivity index (χ3n) is 9.86. The van der Waals surface area contributed by atoms with Gasteiger partial charge in [-0.05, 0) is 92.9 Å². The fourth-order valence-corrected chi connectivity index (χ4v) is 7.66. The summed E-state index contributed by atoms with van der Waals surface area (Å²) in [6.45, 7) is 5.03. The molecule has 2 bridgehead atoms. The Morgan fingerprint density at radius 2 is 1.78 bits per heavy atom. The third kappa shape index (κ3) is 3.67. The molecule has 1 saturated carbocycles. The average Bonchev–Trinajstić information content (AvgIpc) is 3.72. The van der Waals surface area contributed by atoms with Crippen molar-refractivity contribution in [1.82, 2.24) is 14.8 Å². The first kappa shape index (κ1) is 22.7. The molecular weight excluding hydrogens is 446 g/mol. The Labute approximate surface area is 213 Å². The lowest BCUT2D eigenvalue weighted by atomic mass is 9.52. The second-order valence-electron chi connectivity index (χ2n) is 11.8. The highest BCUT2D eigenvalue weighted by atomic mass is 16.3. The molecule has 0 amide bonds. The van der Waals surface area contributed by atoms with Gasteiger partial charge in [0.1, 0.15) is 5.75 Å². The van der Waals surface area contributed by atoms with E-state index < -0.39 is 5.60 Å². The van der Waals surface area contributed by atoms with E-state index in [4.69, 9.17) is 4.98 Å². The predicted molar refractivity (Wildman–Crippen MR) is 142 cm³/mol. The molecule has 1 aromatic heterocycles. The van der Waals surface area contributed by atoms with Crippen LogP contribution in [0.15, 0.2) is 54.6 Å². The fourth-order valence-electron chi connectivity index (χ4n) is 7.66. The summed E-state index contributed by atoms with van der Waals surface area (Å²) < 4.78 is 0. The van der Waals surface area contributed by atoms with Crippen molar-refractivity contribution in [1.29, 1.82) is 0 Å². The van der Waals surface area contributed by atoms with Crippen LogP contribution in [0.5, 0.6) is 5.75 Å². The number of hydrogen-bond acceptors (Lipinski definition) is 5. The normalized spacial score (nSPS) is 30.5. The number of pyridine rings is 1. The second kappa shape index (κ2) is 8.54. The van der Waals surface area contributed by atoms with Gasteiger partial charge in [-0.1, -0.05) is 30.3 Å². The monoisotopic (exact) mass is 483 g/mol. The van der Waals surface area contributed by atoms with Gasteiger partial charge in [0.05, 0.1) is 11.1 Å². The SMILES string of the molecule is Oc1ccc2c(c1)[C@@]13CCN(CCc4ccc5ccccc5n4)CC[C@@]1(O)[C@@H](C2)N(CC1CC1)CC3. The number of rotatable bonds is 5. The van der Waals surface area contributed by atoms with Crippen LogP contribution in [0.25, 0.3) is 10.9 Å². The first-order valence-electron chi connectivity index (χ1n) is 13.9. The molecule has 3 atom stereocenters. The number of benzene rings is 2. The Morgan fingerprint density at radius 3 is 2.67 bits per heavy atom. The van der Waals surface area contributed by atoms with E-state index in [1.165, 1.54) is 29.4 Å². The maximum Gasteiger partial charge on any atom is 0.115 e. The van der Waals surface area contributed by atoms with Gasteiger partial charge in [0.2, 0.25) is 0 Å².